The fourth-order valence-electron chi connectivity index (χ4n) is 3.24. The van der Waals surface area contributed by atoms with Crippen LogP contribution in [0.1, 0.15) is 27.1 Å². The zero-order valence-corrected chi connectivity index (χ0v) is 17.6. The number of ether oxygens (including phenoxy) is 3. The Kier molecular flexibility index (Phi) is 7.80. The number of hydrogen-bond acceptors (Lipinski definition) is 7. The van der Waals surface area contributed by atoms with E-state index >= 15 is 0 Å². The van der Waals surface area contributed by atoms with Gasteiger partial charge in [0.1, 0.15) is 25.0 Å². The second-order valence-corrected chi connectivity index (χ2v) is 6.96. The van der Waals surface area contributed by atoms with E-state index in [2.05, 4.69) is 10.1 Å². The van der Waals surface area contributed by atoms with Crippen molar-refractivity contribution in [3.05, 3.63) is 65.7 Å². The molecule has 1 saturated heterocycles. The smallest absolute Gasteiger partial charge is 0.337 e. The molecule has 2 aromatic rings. The normalized spacial score (nSPS) is 15.5. The molecule has 9 heteroatoms. The molecule has 0 aromatic heterocycles. The summed E-state index contributed by atoms with van der Waals surface area (Å²) in [7, 11) is 1.27. The fourth-order valence-corrected chi connectivity index (χ4v) is 3.24. The van der Waals surface area contributed by atoms with Crippen molar-refractivity contribution in [2.24, 2.45) is 0 Å². The number of carbonyl (C=O) groups is 4. The van der Waals surface area contributed by atoms with E-state index in [1.54, 1.807) is 12.1 Å². The Labute approximate surface area is 185 Å². The topological polar surface area (TPSA) is 111 Å². The van der Waals surface area contributed by atoms with Crippen molar-refractivity contribution < 1.29 is 33.4 Å². The van der Waals surface area contributed by atoms with Gasteiger partial charge in [-0.1, -0.05) is 18.2 Å². The van der Waals surface area contributed by atoms with Gasteiger partial charge in [0.05, 0.1) is 19.1 Å². The lowest BCUT2D eigenvalue weighted by atomic mass is 10.1. The number of para-hydroxylation sites is 1. The minimum Gasteiger partial charge on any atom is -0.490 e. The van der Waals surface area contributed by atoms with Crippen molar-refractivity contribution in [1.82, 2.24) is 10.2 Å². The molecule has 1 N–H and O–H groups in total. The van der Waals surface area contributed by atoms with E-state index < -0.39 is 29.8 Å². The minimum absolute atomic E-state index is 0.0189. The Morgan fingerprint density at radius 1 is 1.00 bits per heavy atom. The van der Waals surface area contributed by atoms with Gasteiger partial charge in [0, 0.05) is 18.7 Å². The molecule has 0 spiro atoms. The van der Waals surface area contributed by atoms with Crippen LogP contribution in [-0.4, -0.2) is 68.1 Å². The fraction of sp³-hybridized carbons (Fsp3) is 0.304. The summed E-state index contributed by atoms with van der Waals surface area (Å²) in [6.07, 6.45) is -0.275. The molecule has 1 fully saturated rings. The molecule has 168 valence electrons. The third kappa shape index (κ3) is 5.84. The molecule has 1 heterocycles. The van der Waals surface area contributed by atoms with Crippen LogP contribution < -0.4 is 10.1 Å². The van der Waals surface area contributed by atoms with Gasteiger partial charge in [-0.2, -0.15) is 0 Å². The highest BCUT2D eigenvalue weighted by Gasteiger charge is 2.35. The zero-order valence-electron chi connectivity index (χ0n) is 17.6. The first kappa shape index (κ1) is 22.8. The number of piperazine rings is 1. The molecule has 0 aliphatic carbocycles. The van der Waals surface area contributed by atoms with Crippen LogP contribution in [0.15, 0.2) is 54.6 Å². The summed E-state index contributed by atoms with van der Waals surface area (Å²) in [6.45, 7) is 0.715. The average molecular weight is 440 g/mol. The summed E-state index contributed by atoms with van der Waals surface area (Å²) in [5.41, 5.74) is 0.597. The van der Waals surface area contributed by atoms with Gasteiger partial charge in [0.25, 0.3) is 5.91 Å². The summed E-state index contributed by atoms with van der Waals surface area (Å²) in [5.74, 6) is -1.30. The zero-order chi connectivity index (χ0) is 22.9. The van der Waals surface area contributed by atoms with Gasteiger partial charge in [0.2, 0.25) is 5.91 Å². The van der Waals surface area contributed by atoms with E-state index in [1.807, 2.05) is 18.2 Å². The van der Waals surface area contributed by atoms with Crippen LogP contribution in [0.25, 0.3) is 0 Å². The van der Waals surface area contributed by atoms with E-state index in [0.29, 0.717) is 16.9 Å². The van der Waals surface area contributed by atoms with Gasteiger partial charge in [-0.05, 0) is 36.4 Å². The van der Waals surface area contributed by atoms with Gasteiger partial charge < -0.3 is 24.4 Å². The Morgan fingerprint density at radius 3 is 2.38 bits per heavy atom. The number of methoxy groups -OCH3 is 1. The standard InChI is InChI=1S/C23H24N2O7/c1-30-23(29)17-9-7-16(8-10-17)22(28)25-12-11-24-21(27)19(25)15-20(26)32-14-13-31-18-5-3-2-4-6-18/h2-10,19H,11-15H2,1H3,(H,24,27). The van der Waals surface area contributed by atoms with Gasteiger partial charge in [0.15, 0.2) is 0 Å². The van der Waals surface area contributed by atoms with Gasteiger partial charge >= 0.3 is 11.9 Å². The van der Waals surface area contributed by atoms with Crippen molar-refractivity contribution in [1.29, 1.82) is 0 Å². The van der Waals surface area contributed by atoms with E-state index in [-0.39, 0.29) is 32.7 Å². The molecule has 2 aromatic carbocycles. The Morgan fingerprint density at radius 2 is 1.69 bits per heavy atom. The quantitative estimate of drug-likeness (QED) is 0.488. The lowest BCUT2D eigenvalue weighted by Gasteiger charge is -2.34. The molecule has 3 rings (SSSR count). The molecule has 0 radical (unpaired) electrons. The summed E-state index contributed by atoms with van der Waals surface area (Å²) < 4.78 is 15.3. The largest absolute Gasteiger partial charge is 0.490 e. The SMILES string of the molecule is COC(=O)c1ccc(C(=O)N2CCNC(=O)C2CC(=O)OCCOc2ccccc2)cc1. The summed E-state index contributed by atoms with van der Waals surface area (Å²) in [4.78, 5) is 50.5. The van der Waals surface area contributed by atoms with Crippen molar-refractivity contribution >= 4 is 23.8 Å². The molecular formula is C23H24N2O7. The van der Waals surface area contributed by atoms with E-state index in [4.69, 9.17) is 9.47 Å². The molecule has 0 saturated carbocycles. The number of carbonyl (C=O) groups excluding carboxylic acids is 4. The van der Waals surface area contributed by atoms with Crippen molar-refractivity contribution in [3.63, 3.8) is 0 Å². The predicted molar refractivity (Wildman–Crippen MR) is 113 cm³/mol. The number of nitrogens with zero attached hydrogens (tertiary/aromatic N) is 1. The molecular weight excluding hydrogens is 416 g/mol. The lowest BCUT2D eigenvalue weighted by molar-refractivity contribution is -0.148. The van der Waals surface area contributed by atoms with Gasteiger partial charge in [-0.25, -0.2) is 4.79 Å². The first-order valence-corrected chi connectivity index (χ1v) is 10.1. The molecule has 0 bridgehead atoms. The molecule has 9 nitrogen and oxygen atoms in total. The van der Waals surface area contributed by atoms with E-state index in [1.165, 1.54) is 36.3 Å². The van der Waals surface area contributed by atoms with Crippen LogP contribution in [0.3, 0.4) is 0 Å². The van der Waals surface area contributed by atoms with Crippen LogP contribution >= 0.6 is 0 Å². The van der Waals surface area contributed by atoms with Crippen LogP contribution in [0.4, 0.5) is 0 Å². The number of esters is 2. The van der Waals surface area contributed by atoms with E-state index in [9.17, 15) is 19.2 Å². The Bertz CT molecular complexity index is 960. The molecule has 32 heavy (non-hydrogen) atoms. The number of hydrogen-bond donors (Lipinski definition) is 1. The van der Waals surface area contributed by atoms with Crippen LogP contribution in [0.5, 0.6) is 5.75 Å². The maximum atomic E-state index is 13.0. The average Bonchev–Trinajstić information content (AvgIpc) is 2.83. The second-order valence-electron chi connectivity index (χ2n) is 6.96. The number of rotatable bonds is 8. The highest BCUT2D eigenvalue weighted by molar-refractivity contribution is 6.00. The molecule has 1 aliphatic rings. The van der Waals surface area contributed by atoms with Crippen molar-refractivity contribution in [2.45, 2.75) is 12.5 Å². The summed E-state index contributed by atoms with van der Waals surface area (Å²) in [5, 5.41) is 2.67. The third-order valence-electron chi connectivity index (χ3n) is 4.86. The first-order valence-electron chi connectivity index (χ1n) is 10.1. The predicted octanol–water partition coefficient (Wildman–Crippen LogP) is 1.43. The Balaban J connectivity index is 1.57. The second kappa shape index (κ2) is 10.9. The number of nitrogens with one attached hydrogen (secondary N) is 1. The van der Waals surface area contributed by atoms with Crippen LogP contribution in [0, 0.1) is 0 Å². The van der Waals surface area contributed by atoms with Crippen LogP contribution in [0.2, 0.25) is 0 Å². The molecule has 2 amide bonds. The number of benzene rings is 2. The molecule has 1 aliphatic heterocycles. The highest BCUT2D eigenvalue weighted by Crippen LogP contribution is 2.16. The van der Waals surface area contributed by atoms with Gasteiger partial charge in [-0.3, -0.25) is 14.4 Å². The molecule has 1 atom stereocenters. The third-order valence-corrected chi connectivity index (χ3v) is 4.86. The van der Waals surface area contributed by atoms with E-state index in [0.717, 1.165) is 0 Å². The monoisotopic (exact) mass is 440 g/mol. The molecule has 1 unspecified atom stereocenters. The Hall–Kier alpha value is -3.88. The van der Waals surface area contributed by atoms with Crippen molar-refractivity contribution in [3.8, 4) is 5.75 Å². The maximum absolute atomic E-state index is 13.0. The van der Waals surface area contributed by atoms with Crippen molar-refractivity contribution in [2.75, 3.05) is 33.4 Å². The highest BCUT2D eigenvalue weighted by atomic mass is 16.6. The lowest BCUT2D eigenvalue weighted by Crippen LogP contribution is -2.57. The number of amides is 2. The maximum Gasteiger partial charge on any atom is 0.337 e. The summed E-state index contributed by atoms with van der Waals surface area (Å²) in [6, 6.07) is 14.0. The van der Waals surface area contributed by atoms with Gasteiger partial charge in [-0.15, -0.1) is 0 Å². The summed E-state index contributed by atoms with van der Waals surface area (Å²) >= 11 is 0. The minimum atomic E-state index is -0.987. The van der Waals surface area contributed by atoms with Crippen LogP contribution in [-0.2, 0) is 19.1 Å². The first-order chi connectivity index (χ1) is 15.5.